The maximum Gasteiger partial charge on any atom is 0.295 e. The van der Waals surface area contributed by atoms with Crippen molar-refractivity contribution in [1.82, 2.24) is 0 Å². The molecule has 0 spiro atoms. The molecule has 0 radical (unpaired) electrons. The van der Waals surface area contributed by atoms with Gasteiger partial charge in [0.2, 0.25) is 0 Å². The minimum atomic E-state index is -4.58. The summed E-state index contributed by atoms with van der Waals surface area (Å²) < 4.78 is 31.9. The Hall–Kier alpha value is -4.91. The number of ketones is 2. The molecule has 7 aromatic carbocycles. The molecule has 40 heavy (non-hydrogen) atoms. The summed E-state index contributed by atoms with van der Waals surface area (Å²) >= 11 is 0. The Morgan fingerprint density at radius 2 is 0.850 bits per heavy atom. The van der Waals surface area contributed by atoms with E-state index in [0.29, 0.717) is 0 Å². The molecule has 0 bridgehead atoms. The van der Waals surface area contributed by atoms with Gasteiger partial charge in [-0.2, -0.15) is 8.42 Å². The summed E-state index contributed by atoms with van der Waals surface area (Å²) in [5, 5.41) is 10.9. The number of fused-ring (bicyclic) bond motifs is 4. The fourth-order valence-electron chi connectivity index (χ4n) is 5.91. The van der Waals surface area contributed by atoms with Crippen LogP contribution in [0.15, 0.2) is 120 Å². The van der Waals surface area contributed by atoms with E-state index >= 15 is 0 Å². The van der Waals surface area contributed by atoms with Gasteiger partial charge >= 0.3 is 0 Å². The summed E-state index contributed by atoms with van der Waals surface area (Å²) in [6.07, 6.45) is 0. The lowest BCUT2D eigenvalue weighted by Gasteiger charge is -2.18. The van der Waals surface area contributed by atoms with E-state index in [1.54, 1.807) is 12.1 Å². The molecule has 1 aliphatic rings. The number of carbonyl (C=O) groups excluding carboxylic acids is 2. The Bertz CT molecular complexity index is 2110. The van der Waals surface area contributed by atoms with Gasteiger partial charge in [0.05, 0.1) is 5.56 Å². The highest BCUT2D eigenvalue weighted by Gasteiger charge is 2.34. The van der Waals surface area contributed by atoms with Crippen molar-refractivity contribution in [2.45, 2.75) is 4.90 Å². The van der Waals surface area contributed by atoms with E-state index in [2.05, 4.69) is 72.8 Å². The third-order valence-electron chi connectivity index (χ3n) is 7.58. The monoisotopic (exact) mass is 540 g/mol. The molecule has 5 nitrogen and oxygen atoms in total. The van der Waals surface area contributed by atoms with Crippen molar-refractivity contribution in [1.29, 1.82) is 0 Å². The van der Waals surface area contributed by atoms with Crippen molar-refractivity contribution in [3.63, 3.8) is 0 Å². The van der Waals surface area contributed by atoms with Gasteiger partial charge in [0.25, 0.3) is 10.1 Å². The van der Waals surface area contributed by atoms with Gasteiger partial charge in [0.15, 0.2) is 11.6 Å². The highest BCUT2D eigenvalue weighted by molar-refractivity contribution is 7.86. The van der Waals surface area contributed by atoms with Crippen LogP contribution in [0.3, 0.4) is 0 Å². The molecule has 0 unspecified atom stereocenters. The lowest BCUT2D eigenvalue weighted by atomic mass is 9.84. The van der Waals surface area contributed by atoms with Gasteiger partial charge in [-0.05, 0) is 49.2 Å². The molecular weight excluding hydrogens is 520 g/mol. The first-order chi connectivity index (χ1) is 19.3. The van der Waals surface area contributed by atoms with E-state index in [4.69, 9.17) is 0 Å². The molecule has 0 aromatic heterocycles. The predicted molar refractivity (Wildman–Crippen MR) is 157 cm³/mol. The normalized spacial score (nSPS) is 12.9. The van der Waals surface area contributed by atoms with E-state index < -0.39 is 26.6 Å². The number of benzene rings is 7. The molecule has 6 heteroatoms. The first-order valence-corrected chi connectivity index (χ1v) is 14.1. The largest absolute Gasteiger partial charge is 0.295 e. The van der Waals surface area contributed by atoms with Gasteiger partial charge in [-0.1, -0.05) is 109 Å². The molecular formula is C34H20O5S. The van der Waals surface area contributed by atoms with Crippen LogP contribution in [0.25, 0.3) is 43.1 Å². The number of hydrogen-bond donors (Lipinski definition) is 1. The molecule has 1 aliphatic carbocycles. The summed E-state index contributed by atoms with van der Waals surface area (Å²) in [5.41, 5.74) is 0.0983. The number of hydrogen-bond acceptors (Lipinski definition) is 4. The quantitative estimate of drug-likeness (QED) is 0.133. The topological polar surface area (TPSA) is 88.5 Å². The van der Waals surface area contributed by atoms with Crippen LogP contribution in [-0.2, 0) is 10.1 Å². The van der Waals surface area contributed by atoms with E-state index in [1.165, 1.54) is 67.4 Å². The van der Waals surface area contributed by atoms with Crippen molar-refractivity contribution in [2.24, 2.45) is 0 Å². The summed E-state index contributed by atoms with van der Waals surface area (Å²) in [5.74, 6) is -1.01. The lowest BCUT2D eigenvalue weighted by molar-refractivity contribution is 0.0976. The van der Waals surface area contributed by atoms with Crippen LogP contribution in [0, 0.1) is 0 Å². The maximum absolute atomic E-state index is 12.4. The minimum Gasteiger partial charge on any atom is -0.289 e. The van der Waals surface area contributed by atoms with Crippen LogP contribution >= 0.6 is 0 Å². The number of carbonyl (C=O) groups is 2. The Morgan fingerprint density at radius 1 is 0.450 bits per heavy atom. The van der Waals surface area contributed by atoms with Crippen molar-refractivity contribution >= 4 is 64.8 Å². The third kappa shape index (κ3) is 3.54. The van der Waals surface area contributed by atoms with E-state index in [1.807, 2.05) is 0 Å². The molecule has 192 valence electrons. The molecule has 0 heterocycles. The average Bonchev–Trinajstić information content (AvgIpc) is 2.98. The van der Waals surface area contributed by atoms with Crippen LogP contribution in [0.1, 0.15) is 31.8 Å². The zero-order chi connectivity index (χ0) is 27.6. The summed E-state index contributed by atoms with van der Waals surface area (Å²) in [6.45, 7) is 0. The lowest BCUT2D eigenvalue weighted by Crippen LogP contribution is -2.23. The van der Waals surface area contributed by atoms with Crippen LogP contribution in [0.5, 0.6) is 0 Å². The molecule has 0 amide bonds. The van der Waals surface area contributed by atoms with E-state index in [0.717, 1.165) is 6.07 Å². The van der Waals surface area contributed by atoms with Crippen LogP contribution < -0.4 is 0 Å². The SMILES string of the molecule is O=C1c2ccccc2C(=O)c2c1cccc2S(=O)(=O)O.c1cc2cccc3c4cccc5cccc(c(c1)c23)c54. The molecule has 0 fully saturated rings. The Balaban J connectivity index is 0.000000132. The molecule has 1 N–H and O–H groups in total. The Labute approximate surface area is 229 Å². The average molecular weight is 541 g/mol. The molecule has 0 saturated carbocycles. The summed E-state index contributed by atoms with van der Waals surface area (Å²) in [4.78, 5) is 24.2. The first kappa shape index (κ1) is 24.2. The molecule has 7 aromatic rings. The highest BCUT2D eigenvalue weighted by atomic mass is 32.2. The first-order valence-electron chi connectivity index (χ1n) is 12.7. The van der Waals surface area contributed by atoms with Crippen LogP contribution in [0.4, 0.5) is 0 Å². The van der Waals surface area contributed by atoms with E-state index in [9.17, 15) is 22.6 Å². The standard InChI is InChI=1S/C20H12.C14H8O5S/c1-5-13-6-2-11-17-18-12-4-8-14-7-3-10-16(20(14)18)15(9-1)19(13)17;15-13-8-4-1-2-5-9(8)14(16)12-10(13)6-3-7-11(12)20(17,18)19/h1-12H;1-7H,(H,17,18,19). The molecule has 0 atom stereocenters. The van der Waals surface area contributed by atoms with Crippen molar-refractivity contribution in [3.05, 3.63) is 138 Å². The maximum atomic E-state index is 12.4. The molecule has 0 aliphatic heterocycles. The van der Waals surface area contributed by atoms with Gasteiger partial charge < -0.3 is 0 Å². The summed E-state index contributed by atoms with van der Waals surface area (Å²) in [6, 6.07) is 36.4. The zero-order valence-corrected chi connectivity index (χ0v) is 21.8. The number of rotatable bonds is 1. The second kappa shape index (κ2) is 8.81. The van der Waals surface area contributed by atoms with Gasteiger partial charge in [-0.3, -0.25) is 14.1 Å². The van der Waals surface area contributed by atoms with Gasteiger partial charge in [0, 0.05) is 16.7 Å². The fourth-order valence-corrected chi connectivity index (χ4v) is 6.62. The smallest absolute Gasteiger partial charge is 0.289 e. The van der Waals surface area contributed by atoms with Gasteiger partial charge in [-0.25, -0.2) is 0 Å². The van der Waals surface area contributed by atoms with Crippen LogP contribution in [0.2, 0.25) is 0 Å². The van der Waals surface area contributed by atoms with Crippen LogP contribution in [-0.4, -0.2) is 24.5 Å². The van der Waals surface area contributed by atoms with Gasteiger partial charge in [-0.15, -0.1) is 0 Å². The zero-order valence-electron chi connectivity index (χ0n) is 21.0. The Morgan fingerprint density at radius 3 is 1.30 bits per heavy atom. The second-order valence-electron chi connectivity index (χ2n) is 9.78. The second-order valence-corrected chi connectivity index (χ2v) is 11.2. The van der Waals surface area contributed by atoms with Crippen molar-refractivity contribution in [3.8, 4) is 0 Å². The van der Waals surface area contributed by atoms with E-state index in [-0.39, 0.29) is 22.3 Å². The van der Waals surface area contributed by atoms with Crippen molar-refractivity contribution < 1.29 is 22.6 Å². The highest BCUT2D eigenvalue weighted by Crippen LogP contribution is 2.39. The van der Waals surface area contributed by atoms with Gasteiger partial charge in [0.1, 0.15) is 4.90 Å². The Kier molecular flexibility index (Phi) is 5.32. The molecule has 8 rings (SSSR count). The summed E-state index contributed by atoms with van der Waals surface area (Å²) in [7, 11) is -4.58. The van der Waals surface area contributed by atoms with Crippen molar-refractivity contribution in [2.75, 3.05) is 0 Å². The fraction of sp³-hybridized carbons (Fsp3) is 0. The third-order valence-corrected chi connectivity index (χ3v) is 8.48. The predicted octanol–water partition coefficient (Wildman–Crippen LogP) is 7.45. The minimum absolute atomic E-state index is 0.0103. The molecule has 0 saturated heterocycles.